The van der Waals surface area contributed by atoms with Crippen LogP contribution in [-0.4, -0.2) is 32.5 Å². The molecular weight excluding hydrogens is 434 g/mol. The van der Waals surface area contributed by atoms with Crippen molar-refractivity contribution in [2.75, 3.05) is 13.7 Å². The van der Waals surface area contributed by atoms with Crippen LogP contribution in [0.3, 0.4) is 0 Å². The third-order valence-corrected chi connectivity index (χ3v) is 6.65. The van der Waals surface area contributed by atoms with Gasteiger partial charge in [0.15, 0.2) is 0 Å². The molecule has 2 aromatic heterocycles. The van der Waals surface area contributed by atoms with Gasteiger partial charge in [0, 0.05) is 19.7 Å². The number of phenols is 1. The summed E-state index contributed by atoms with van der Waals surface area (Å²) in [7, 11) is 4.75. The van der Waals surface area contributed by atoms with Crippen molar-refractivity contribution in [2.24, 2.45) is 14.1 Å². The van der Waals surface area contributed by atoms with Gasteiger partial charge in [-0.1, -0.05) is 18.2 Å². The van der Waals surface area contributed by atoms with Crippen molar-refractivity contribution in [1.82, 2.24) is 13.7 Å². The number of aryl methyl sites for hydroxylation is 1. The summed E-state index contributed by atoms with van der Waals surface area (Å²) in [6.07, 6.45) is -0.665. The number of methoxy groups -OCH3 is 1. The van der Waals surface area contributed by atoms with Gasteiger partial charge in [0.1, 0.15) is 17.6 Å². The minimum absolute atomic E-state index is 0.0907. The van der Waals surface area contributed by atoms with Crippen molar-refractivity contribution in [3.63, 3.8) is 0 Å². The Balaban J connectivity index is 2.00. The number of para-hydroxylation sites is 1. The van der Waals surface area contributed by atoms with Crippen LogP contribution in [0.15, 0.2) is 58.1 Å². The van der Waals surface area contributed by atoms with Gasteiger partial charge >= 0.3 is 5.69 Å². The van der Waals surface area contributed by atoms with Crippen LogP contribution in [0, 0.1) is 0 Å². The lowest BCUT2D eigenvalue weighted by atomic mass is 9.97. The predicted molar refractivity (Wildman–Crippen MR) is 130 cm³/mol. The molecule has 0 aliphatic carbocycles. The number of phenolic OH excluding ortho intramolecular Hbond substituents is 1. The van der Waals surface area contributed by atoms with Crippen molar-refractivity contribution < 1.29 is 14.6 Å². The number of hydrogen-bond acceptors (Lipinski definition) is 5. The van der Waals surface area contributed by atoms with E-state index in [2.05, 4.69) is 4.57 Å². The third-order valence-electron chi connectivity index (χ3n) is 6.65. The number of benzene rings is 2. The molecule has 4 aromatic rings. The van der Waals surface area contributed by atoms with Crippen LogP contribution in [0.5, 0.6) is 11.5 Å². The van der Waals surface area contributed by atoms with Crippen LogP contribution in [0.25, 0.3) is 22.2 Å². The van der Waals surface area contributed by atoms with E-state index in [0.717, 1.165) is 10.1 Å². The Kier molecular flexibility index (Phi) is 4.95. The van der Waals surface area contributed by atoms with Gasteiger partial charge in [-0.25, -0.2) is 4.79 Å². The van der Waals surface area contributed by atoms with Crippen molar-refractivity contribution in [3.8, 4) is 22.8 Å². The van der Waals surface area contributed by atoms with Gasteiger partial charge in [-0.15, -0.1) is 0 Å². The van der Waals surface area contributed by atoms with E-state index in [4.69, 9.17) is 9.47 Å². The van der Waals surface area contributed by atoms with E-state index in [0.29, 0.717) is 40.2 Å². The highest BCUT2D eigenvalue weighted by atomic mass is 16.5. The molecule has 34 heavy (non-hydrogen) atoms. The summed E-state index contributed by atoms with van der Waals surface area (Å²) in [6, 6.07) is 14.5. The zero-order chi connectivity index (χ0) is 24.4. The average Bonchev–Trinajstić information content (AvgIpc) is 3.20. The summed E-state index contributed by atoms with van der Waals surface area (Å²) >= 11 is 0. The van der Waals surface area contributed by atoms with E-state index in [1.54, 1.807) is 32.4 Å². The monoisotopic (exact) mass is 461 g/mol. The van der Waals surface area contributed by atoms with Crippen LogP contribution < -0.4 is 16.0 Å². The molecule has 8 heteroatoms. The Bertz CT molecular complexity index is 1540. The highest BCUT2D eigenvalue weighted by Crippen LogP contribution is 2.46. The fourth-order valence-corrected chi connectivity index (χ4v) is 4.97. The van der Waals surface area contributed by atoms with Gasteiger partial charge in [-0.2, -0.15) is 0 Å². The van der Waals surface area contributed by atoms with E-state index < -0.39 is 17.3 Å². The molecule has 0 fully saturated rings. The molecule has 0 saturated heterocycles. The third kappa shape index (κ3) is 3.02. The van der Waals surface area contributed by atoms with Gasteiger partial charge in [0.25, 0.3) is 5.56 Å². The quantitative estimate of drug-likeness (QED) is 0.506. The molecule has 1 atom stereocenters. The lowest BCUT2D eigenvalue weighted by molar-refractivity contribution is -0.00798. The largest absolute Gasteiger partial charge is 0.508 e. The Morgan fingerprint density at radius 3 is 2.35 bits per heavy atom. The fourth-order valence-electron chi connectivity index (χ4n) is 4.97. The molecular formula is C26H27N3O5. The number of hydrogen-bond donors (Lipinski definition) is 1. The Hall–Kier alpha value is -3.78. The first kappa shape index (κ1) is 22.0. The zero-order valence-electron chi connectivity index (χ0n) is 19.8. The second kappa shape index (κ2) is 7.63. The van der Waals surface area contributed by atoms with Crippen LogP contribution in [0.2, 0.25) is 0 Å². The maximum Gasteiger partial charge on any atom is 0.331 e. The van der Waals surface area contributed by atoms with Crippen molar-refractivity contribution in [3.05, 3.63) is 80.6 Å². The van der Waals surface area contributed by atoms with E-state index >= 15 is 0 Å². The summed E-state index contributed by atoms with van der Waals surface area (Å²) in [5.41, 5.74) is 1.93. The lowest BCUT2D eigenvalue weighted by Gasteiger charge is -2.39. The molecule has 0 amide bonds. The molecule has 1 aliphatic heterocycles. The molecule has 0 spiro atoms. The topological polar surface area (TPSA) is 87.6 Å². The van der Waals surface area contributed by atoms with E-state index in [9.17, 15) is 14.7 Å². The first-order chi connectivity index (χ1) is 16.2. The lowest BCUT2D eigenvalue weighted by Crippen LogP contribution is -2.40. The molecule has 176 valence electrons. The Labute approximate surface area is 196 Å². The molecule has 3 heterocycles. The van der Waals surface area contributed by atoms with Crippen molar-refractivity contribution in [2.45, 2.75) is 25.5 Å². The zero-order valence-corrected chi connectivity index (χ0v) is 19.8. The maximum absolute atomic E-state index is 13.6. The number of aromatic nitrogens is 3. The molecule has 5 rings (SSSR count). The van der Waals surface area contributed by atoms with Gasteiger partial charge in [0.05, 0.1) is 41.5 Å². The summed E-state index contributed by atoms with van der Waals surface area (Å²) in [4.78, 5) is 26.6. The SMILES string of the molecule is COc1ccc(-c2c3c(=O)n(C)c(=O)n(C)c3c3n2C(C)(C)CO[C@H]3c2ccccc2O)cc1. The van der Waals surface area contributed by atoms with Crippen LogP contribution in [0.4, 0.5) is 0 Å². The second-order valence-corrected chi connectivity index (χ2v) is 9.29. The molecule has 0 saturated carbocycles. The van der Waals surface area contributed by atoms with Crippen molar-refractivity contribution >= 4 is 10.9 Å². The predicted octanol–water partition coefficient (Wildman–Crippen LogP) is 3.27. The molecule has 1 N–H and O–H groups in total. The number of nitrogens with zero attached hydrogens (tertiary/aromatic N) is 3. The van der Waals surface area contributed by atoms with Gasteiger partial charge in [-0.3, -0.25) is 13.9 Å². The molecule has 8 nitrogen and oxygen atoms in total. The average molecular weight is 462 g/mol. The minimum atomic E-state index is -0.665. The normalized spacial score (nSPS) is 17.0. The number of rotatable bonds is 3. The smallest absolute Gasteiger partial charge is 0.331 e. The first-order valence-electron chi connectivity index (χ1n) is 11.1. The standard InChI is InChI=1S/C26H27N3O5/c1-26(2)14-34-23(17-8-6-7-9-18(17)30)22-21-19(24(31)28(4)25(32)27(21)3)20(29(22)26)15-10-12-16(33-5)13-11-15/h6-13,23,30H,14H2,1-5H3/t23-/m0/s1. The molecule has 0 radical (unpaired) electrons. The van der Waals surface area contributed by atoms with E-state index in [1.807, 2.05) is 44.2 Å². The maximum atomic E-state index is 13.6. The molecule has 1 aliphatic rings. The fraction of sp³-hybridized carbons (Fsp3) is 0.308. The number of ether oxygens (including phenoxy) is 2. The summed E-state index contributed by atoms with van der Waals surface area (Å²) in [5, 5.41) is 11.1. The van der Waals surface area contributed by atoms with Crippen LogP contribution in [-0.2, 0) is 24.4 Å². The van der Waals surface area contributed by atoms with Crippen LogP contribution in [0.1, 0.15) is 31.2 Å². The van der Waals surface area contributed by atoms with Gasteiger partial charge in [0.2, 0.25) is 0 Å². The summed E-state index contributed by atoms with van der Waals surface area (Å²) < 4.78 is 16.4. The van der Waals surface area contributed by atoms with E-state index in [1.165, 1.54) is 11.6 Å². The van der Waals surface area contributed by atoms with Crippen molar-refractivity contribution in [1.29, 1.82) is 0 Å². The summed E-state index contributed by atoms with van der Waals surface area (Å²) in [5.74, 6) is 0.793. The Morgan fingerprint density at radius 2 is 1.71 bits per heavy atom. The highest BCUT2D eigenvalue weighted by Gasteiger charge is 2.41. The van der Waals surface area contributed by atoms with Gasteiger partial charge in [-0.05, 0) is 49.7 Å². The molecule has 2 aromatic carbocycles. The number of fused-ring (bicyclic) bond motifs is 3. The van der Waals surface area contributed by atoms with Crippen LogP contribution >= 0.6 is 0 Å². The molecule has 0 bridgehead atoms. The number of aromatic hydroxyl groups is 1. The first-order valence-corrected chi connectivity index (χ1v) is 11.1. The van der Waals surface area contributed by atoms with E-state index in [-0.39, 0.29) is 11.3 Å². The second-order valence-electron chi connectivity index (χ2n) is 9.29. The minimum Gasteiger partial charge on any atom is -0.508 e. The highest BCUT2D eigenvalue weighted by molar-refractivity contribution is 5.97. The summed E-state index contributed by atoms with van der Waals surface area (Å²) in [6.45, 7) is 4.41. The Morgan fingerprint density at radius 1 is 1.03 bits per heavy atom. The van der Waals surface area contributed by atoms with Gasteiger partial charge < -0.3 is 19.1 Å². The molecule has 0 unspecified atom stereocenters.